The zero-order valence-electron chi connectivity index (χ0n) is 9.09. The van der Waals surface area contributed by atoms with Crippen molar-refractivity contribution in [2.45, 2.75) is 0 Å². The smallest absolute Gasteiger partial charge is 0.193 e. The van der Waals surface area contributed by atoms with Crippen LogP contribution in [0.1, 0.15) is 0 Å². The van der Waals surface area contributed by atoms with Crippen LogP contribution in [0.5, 0.6) is 0 Å². The Morgan fingerprint density at radius 2 is 1.50 bits per heavy atom. The van der Waals surface area contributed by atoms with E-state index in [1.165, 1.54) is 6.07 Å². The quantitative estimate of drug-likeness (QED) is 0.622. The summed E-state index contributed by atoms with van der Waals surface area (Å²) in [6, 6.07) is 18.4. The Morgan fingerprint density at radius 3 is 2.28 bits per heavy atom. The summed E-state index contributed by atoms with van der Waals surface area (Å²) in [6.07, 6.45) is 0. The van der Waals surface area contributed by atoms with Gasteiger partial charge in [0, 0.05) is 11.6 Å². The molecule has 3 rings (SSSR count). The summed E-state index contributed by atoms with van der Waals surface area (Å²) in [7, 11) is 0. The molecule has 0 saturated heterocycles. The van der Waals surface area contributed by atoms with Gasteiger partial charge in [-0.15, -0.1) is 0 Å². The average molecular weight is 252 g/mol. The Bertz CT molecular complexity index is 717. The molecule has 3 aromatic rings. The van der Waals surface area contributed by atoms with Gasteiger partial charge in [0.25, 0.3) is 0 Å². The summed E-state index contributed by atoms with van der Waals surface area (Å²) in [6.45, 7) is 0. The molecule has 0 fully saturated rings. The van der Waals surface area contributed by atoms with Gasteiger partial charge in [0.05, 0.1) is 5.39 Å². The monoisotopic (exact) mass is 252 g/mol. The molecule has 1 heterocycles. The summed E-state index contributed by atoms with van der Waals surface area (Å²) in [5, 5.41) is 0.618. The second-order valence-electron chi connectivity index (χ2n) is 3.84. The first-order valence-corrected chi connectivity index (χ1v) is 5.43. The molecule has 0 aliphatic heterocycles. The van der Waals surface area contributed by atoms with Gasteiger partial charge in [0.15, 0.2) is 22.8 Å². The van der Waals surface area contributed by atoms with Crippen LogP contribution in [0.25, 0.3) is 22.3 Å². The molecule has 1 aromatic heterocycles. The third-order valence-electron chi connectivity index (χ3n) is 2.69. The van der Waals surface area contributed by atoms with Crippen molar-refractivity contribution in [1.82, 2.24) is 0 Å². The zero-order valence-corrected chi connectivity index (χ0v) is 9.09. The van der Waals surface area contributed by atoms with Gasteiger partial charge in [-0.3, -0.25) is 4.79 Å². The molecule has 2 nitrogen and oxygen atoms in total. The number of benzene rings is 2. The largest absolute Gasteiger partial charge is 0.456 e. The normalized spacial score (nSPS) is 10.0. The van der Waals surface area contributed by atoms with Crippen molar-refractivity contribution < 1.29 is 4.42 Å². The van der Waals surface area contributed by atoms with E-state index < -0.39 is 0 Å². The number of fused-ring (bicyclic) bond motifs is 1. The van der Waals surface area contributed by atoms with Gasteiger partial charge >= 0.3 is 0 Å². The first kappa shape index (κ1) is 12.6. The molecule has 0 atom stereocenters. The van der Waals surface area contributed by atoms with Gasteiger partial charge in [0.1, 0.15) is 11.3 Å². The van der Waals surface area contributed by atoms with E-state index in [1.54, 1.807) is 6.07 Å². The topological polar surface area (TPSA) is 30.2 Å². The molecule has 3 heteroatoms. The van der Waals surface area contributed by atoms with Gasteiger partial charge in [-0.2, -0.15) is 0 Å². The molecule has 0 saturated carbocycles. The summed E-state index contributed by atoms with van der Waals surface area (Å²) in [5.41, 5.74) is 1.53. The number of rotatable bonds is 1. The first-order valence-electron chi connectivity index (χ1n) is 5.43. The van der Waals surface area contributed by atoms with Crippen LogP contribution in [0.15, 0.2) is 69.9 Å². The lowest BCUT2D eigenvalue weighted by molar-refractivity contribution is 0.619. The van der Waals surface area contributed by atoms with Crippen LogP contribution in [0.2, 0.25) is 0 Å². The molecule has 0 bridgehead atoms. The lowest BCUT2D eigenvalue weighted by Gasteiger charge is -2.02. The van der Waals surface area contributed by atoms with Crippen LogP contribution in [-0.4, -0.2) is 17.4 Å². The molecule has 88 valence electrons. The summed E-state index contributed by atoms with van der Waals surface area (Å²) in [5.74, 6) is 0.606. The molecule has 0 radical (unpaired) electrons. The van der Waals surface area contributed by atoms with E-state index in [1.807, 2.05) is 48.5 Å². The van der Waals surface area contributed by atoms with Crippen molar-refractivity contribution in [3.05, 3.63) is 70.9 Å². The Balaban J connectivity index is 0.00000120. The molecule has 18 heavy (non-hydrogen) atoms. The Kier molecular flexibility index (Phi) is 3.67. The highest BCUT2D eigenvalue weighted by atomic mass is 27.0. The van der Waals surface area contributed by atoms with Crippen molar-refractivity contribution in [3.63, 3.8) is 0 Å². The van der Waals surface area contributed by atoms with Crippen LogP contribution in [0.4, 0.5) is 0 Å². The Labute approximate surface area is 115 Å². The average Bonchev–Trinajstić information content (AvgIpc) is 2.40. The molecule has 0 aliphatic rings. The van der Waals surface area contributed by atoms with Gasteiger partial charge in [-0.25, -0.2) is 0 Å². The molecular formula is C15H13AlO2. The molecule has 0 unspecified atom stereocenters. The van der Waals surface area contributed by atoms with Crippen LogP contribution >= 0.6 is 0 Å². The maximum atomic E-state index is 11.9. The van der Waals surface area contributed by atoms with Crippen LogP contribution < -0.4 is 5.43 Å². The highest BCUT2D eigenvalue weighted by molar-refractivity contribution is 5.78. The van der Waals surface area contributed by atoms with Crippen LogP contribution in [0, 0.1) is 0 Å². The third kappa shape index (κ3) is 2.24. The molecule has 0 amide bonds. The van der Waals surface area contributed by atoms with E-state index >= 15 is 0 Å². The van der Waals surface area contributed by atoms with E-state index in [0.717, 1.165) is 5.56 Å². The third-order valence-corrected chi connectivity index (χ3v) is 2.69. The van der Waals surface area contributed by atoms with E-state index in [4.69, 9.17) is 4.42 Å². The Morgan fingerprint density at radius 1 is 0.833 bits per heavy atom. The van der Waals surface area contributed by atoms with Crippen molar-refractivity contribution in [2.24, 2.45) is 0 Å². The minimum absolute atomic E-state index is 0. The molecule has 0 spiro atoms. The summed E-state index contributed by atoms with van der Waals surface area (Å²) >= 11 is 0. The maximum absolute atomic E-state index is 11.9. The number of hydrogen-bond acceptors (Lipinski definition) is 2. The highest BCUT2D eigenvalue weighted by Crippen LogP contribution is 2.21. The predicted octanol–water partition coefficient (Wildman–Crippen LogP) is 2.28. The van der Waals surface area contributed by atoms with Crippen molar-refractivity contribution in [1.29, 1.82) is 0 Å². The summed E-state index contributed by atoms with van der Waals surface area (Å²) < 4.78 is 5.73. The summed E-state index contributed by atoms with van der Waals surface area (Å²) in [4.78, 5) is 11.9. The van der Waals surface area contributed by atoms with Gasteiger partial charge in [-0.05, 0) is 12.1 Å². The lowest BCUT2D eigenvalue weighted by atomic mass is 10.1. The minimum Gasteiger partial charge on any atom is -0.456 e. The standard InChI is InChI=1S/C15H10O2.Al.3H/c16-13-10-15(11-6-2-1-3-7-11)17-14-9-5-4-8-12(13)14;;;;/h1-10H;;;;. The van der Waals surface area contributed by atoms with Gasteiger partial charge in [-0.1, -0.05) is 42.5 Å². The fraction of sp³-hybridized carbons (Fsp3) is 0. The number of hydrogen-bond donors (Lipinski definition) is 0. The Hall–Kier alpha value is -1.82. The molecule has 0 N–H and O–H groups in total. The van der Waals surface area contributed by atoms with Crippen molar-refractivity contribution in [2.75, 3.05) is 0 Å². The van der Waals surface area contributed by atoms with Crippen molar-refractivity contribution in [3.8, 4) is 11.3 Å². The first-order chi connectivity index (χ1) is 8.34. The van der Waals surface area contributed by atoms with Crippen LogP contribution in [0.3, 0.4) is 0 Å². The van der Waals surface area contributed by atoms with Crippen molar-refractivity contribution >= 4 is 28.3 Å². The zero-order chi connectivity index (χ0) is 11.7. The molecule has 2 aromatic carbocycles. The second-order valence-corrected chi connectivity index (χ2v) is 3.84. The van der Waals surface area contributed by atoms with E-state index in [2.05, 4.69) is 0 Å². The predicted molar refractivity (Wildman–Crippen MR) is 77.9 cm³/mol. The van der Waals surface area contributed by atoms with E-state index in [-0.39, 0.29) is 22.8 Å². The fourth-order valence-corrected chi connectivity index (χ4v) is 1.85. The van der Waals surface area contributed by atoms with Crippen LogP contribution in [-0.2, 0) is 0 Å². The van der Waals surface area contributed by atoms with E-state index in [0.29, 0.717) is 16.7 Å². The SMILES string of the molecule is O=c1cc(-c2ccccc2)oc2ccccc12.[AlH3]. The second kappa shape index (κ2) is 5.22. The minimum atomic E-state index is -0.00861. The maximum Gasteiger partial charge on any atom is 0.193 e. The fourth-order valence-electron chi connectivity index (χ4n) is 1.85. The molecule has 0 aliphatic carbocycles. The van der Waals surface area contributed by atoms with Gasteiger partial charge < -0.3 is 4.42 Å². The van der Waals surface area contributed by atoms with Gasteiger partial charge in [0.2, 0.25) is 0 Å². The highest BCUT2D eigenvalue weighted by Gasteiger charge is 2.05. The number of para-hydroxylation sites is 1. The van der Waals surface area contributed by atoms with E-state index in [9.17, 15) is 4.79 Å². The lowest BCUT2D eigenvalue weighted by Crippen LogP contribution is -1.99. The molecular weight excluding hydrogens is 239 g/mol.